The van der Waals surface area contributed by atoms with Gasteiger partial charge >= 0.3 is 34.6 Å². The molecule has 0 saturated heterocycles. The lowest BCUT2D eigenvalue weighted by atomic mass is 9.63. The fourth-order valence-electron chi connectivity index (χ4n) is 7.67. The number of methoxy groups -OCH3 is 1. The van der Waals surface area contributed by atoms with Gasteiger partial charge in [0.15, 0.2) is 0 Å². The number of benzene rings is 5. The van der Waals surface area contributed by atoms with Crippen molar-refractivity contribution < 1.29 is 35.0 Å². The van der Waals surface area contributed by atoms with Crippen molar-refractivity contribution in [3.05, 3.63) is 149 Å². The Balaban J connectivity index is -0.000000252. The van der Waals surface area contributed by atoms with Gasteiger partial charge in [0.05, 0.1) is 0 Å². The van der Waals surface area contributed by atoms with E-state index < -0.39 is 0 Å². The molecule has 0 bridgehead atoms. The molecule has 77 heavy (non-hydrogen) atoms. The van der Waals surface area contributed by atoms with E-state index in [0.717, 1.165) is 91.0 Å². The van der Waals surface area contributed by atoms with Gasteiger partial charge in [0.25, 0.3) is 0 Å². The molecule has 14 heteroatoms. The van der Waals surface area contributed by atoms with Crippen LogP contribution in [0, 0.1) is 0 Å². The summed E-state index contributed by atoms with van der Waals surface area (Å²) in [5, 5.41) is 54.5. The third-order valence-corrected chi connectivity index (χ3v) is 11.0. The summed E-state index contributed by atoms with van der Waals surface area (Å²) >= 11 is 1.75. The maximum Gasteiger partial charge on any atom is 0.324 e. The van der Waals surface area contributed by atoms with Gasteiger partial charge in [-0.1, -0.05) is 245 Å². The number of aliphatic hydroxyl groups excluding tert-OH is 1. The number of hydrogen-bond acceptors (Lipinski definition) is 9. The van der Waals surface area contributed by atoms with Gasteiger partial charge in [0.1, 0.15) is 0 Å². The third kappa shape index (κ3) is 37.9. The lowest BCUT2D eigenvalue weighted by molar-refractivity contribution is 0.277. The minimum absolute atomic E-state index is 0.198. The number of unbranched alkanes of at least 4 members (excludes halogenated alkanes) is 1. The molecule has 0 unspecified atom stereocenters. The zero-order valence-electron chi connectivity index (χ0n) is 52.6. The van der Waals surface area contributed by atoms with Crippen LogP contribution in [0.25, 0.3) is 0 Å². The van der Waals surface area contributed by atoms with E-state index in [0.29, 0.717) is 0 Å². The Morgan fingerprint density at radius 1 is 0.377 bits per heavy atom. The molecule has 5 aromatic rings. The number of ether oxygens (including phenoxy) is 1. The summed E-state index contributed by atoms with van der Waals surface area (Å²) in [7, 11) is 9.25. The molecule has 8 nitrogen and oxygen atoms in total. The van der Waals surface area contributed by atoms with Crippen molar-refractivity contribution in [2.24, 2.45) is 0 Å². The van der Waals surface area contributed by atoms with Gasteiger partial charge in [-0.3, -0.25) is 0 Å². The monoisotopic (exact) mass is 1080 g/mol. The van der Waals surface area contributed by atoms with Crippen LogP contribution in [0.1, 0.15) is 131 Å². The van der Waals surface area contributed by atoms with Crippen LogP contribution >= 0.6 is 11.8 Å². The molecule has 5 heterocycles. The van der Waals surface area contributed by atoms with Crippen LogP contribution in [-0.4, -0.2) is 124 Å². The van der Waals surface area contributed by atoms with Crippen molar-refractivity contribution in [3.8, 4) is 0 Å². The van der Waals surface area contributed by atoms with Crippen molar-refractivity contribution >= 4 is 73.7 Å². The lowest BCUT2D eigenvalue weighted by Gasteiger charge is -1.96. The van der Waals surface area contributed by atoms with Crippen LogP contribution in [0.15, 0.2) is 121 Å². The highest BCUT2D eigenvalue weighted by Gasteiger charge is 2.26. The average Bonchev–Trinajstić information content (AvgIpc) is 4.33. The molecular formula is C63H112B5NO7S. The second-order valence-electron chi connectivity index (χ2n) is 17.2. The maximum atomic E-state index is 9.38. The van der Waals surface area contributed by atoms with E-state index in [1.165, 1.54) is 40.7 Å². The Labute approximate surface area is 481 Å². The van der Waals surface area contributed by atoms with Crippen molar-refractivity contribution in [3.63, 3.8) is 0 Å². The molecule has 432 valence electrons. The largest absolute Gasteiger partial charge is 0.446 e. The molecule has 0 fully saturated rings. The van der Waals surface area contributed by atoms with Crippen LogP contribution in [0.2, 0.25) is 31.6 Å². The highest BCUT2D eigenvalue weighted by molar-refractivity contribution is 7.97. The molecule has 0 aromatic heterocycles. The molecule has 0 atom stereocenters. The summed E-state index contributed by atoms with van der Waals surface area (Å²) in [4.78, 5) is 2.00. The number of aliphatic hydroxyl groups is 1. The first kappa shape index (κ1) is 82.3. The second-order valence-corrected chi connectivity index (χ2v) is 18.1. The highest BCUT2D eigenvalue weighted by atomic mass is 32.2. The summed E-state index contributed by atoms with van der Waals surface area (Å²) in [5.41, 5.74) is 12.2. The Bertz CT molecular complexity index is 1700. The normalized spacial score (nSPS) is 12.0. The van der Waals surface area contributed by atoms with E-state index >= 15 is 0 Å². The predicted octanol–water partition coefficient (Wildman–Crippen LogP) is 10.5. The number of rotatable bonds is 1. The number of thioether (sulfide) groups is 1. The zero-order chi connectivity index (χ0) is 60.0. The predicted molar refractivity (Wildman–Crippen MR) is 355 cm³/mol. The second kappa shape index (κ2) is 58.6. The molecular weight excluding hydrogens is 969 g/mol. The minimum atomic E-state index is -0.198. The van der Waals surface area contributed by atoms with E-state index in [1.54, 1.807) is 32.9 Å². The van der Waals surface area contributed by atoms with Crippen LogP contribution in [0.4, 0.5) is 0 Å². The van der Waals surface area contributed by atoms with Gasteiger partial charge < -0.3 is 39.9 Å². The van der Waals surface area contributed by atoms with E-state index in [2.05, 4.69) is 48.9 Å². The molecule has 5 aliphatic heterocycles. The highest BCUT2D eigenvalue weighted by Crippen LogP contribution is 2.15. The Kier molecular flexibility index (Phi) is 62.6. The fraction of sp³-hybridized carbons (Fsp3) is 0.524. The fourth-order valence-corrected chi connectivity index (χ4v) is 7.67. The van der Waals surface area contributed by atoms with Crippen LogP contribution < -0.4 is 27.3 Å². The quantitative estimate of drug-likeness (QED) is 0.0908. The summed E-state index contributed by atoms with van der Waals surface area (Å²) in [6, 6.07) is 40.5. The third-order valence-electron chi connectivity index (χ3n) is 11.0. The van der Waals surface area contributed by atoms with E-state index in [1.807, 2.05) is 199 Å². The first-order valence-corrected chi connectivity index (χ1v) is 30.7. The van der Waals surface area contributed by atoms with E-state index in [-0.39, 0.29) is 41.2 Å². The number of hydrogen-bond donors (Lipinski definition) is 6. The Morgan fingerprint density at radius 2 is 0.494 bits per heavy atom. The zero-order valence-corrected chi connectivity index (χ0v) is 53.4. The first-order valence-electron chi connectivity index (χ1n) is 29.1. The van der Waals surface area contributed by atoms with Crippen LogP contribution in [-0.2, 0) is 36.8 Å². The maximum absolute atomic E-state index is 9.38. The van der Waals surface area contributed by atoms with Gasteiger partial charge in [-0.2, -0.15) is 11.8 Å². The topological polar surface area (TPSA) is 134 Å². The summed E-state index contributed by atoms with van der Waals surface area (Å²) in [6.07, 6.45) is 16.4. The SMILES string of the molecule is CC.CC.CC.CC.CC.CCCC.CCO.CN(C)C.COC.CSC.OB1CCc2ccccc21.OB1CCc2ccccc21.OB1CCc2ccccc21.OB1CCc2ccccc21.OB1CCc2ccccc21. The number of aryl methyl sites for hydroxylation is 5. The van der Waals surface area contributed by atoms with Gasteiger partial charge in [-0.25, -0.2) is 0 Å². The molecule has 5 aromatic carbocycles. The van der Waals surface area contributed by atoms with Gasteiger partial charge in [0, 0.05) is 20.8 Å². The number of fused-ring (bicyclic) bond motifs is 5. The van der Waals surface area contributed by atoms with Crippen molar-refractivity contribution in [1.29, 1.82) is 0 Å². The van der Waals surface area contributed by atoms with Crippen molar-refractivity contribution in [2.45, 2.75) is 167 Å². The molecule has 10 rings (SSSR count). The van der Waals surface area contributed by atoms with Crippen molar-refractivity contribution in [1.82, 2.24) is 4.90 Å². The standard InChI is InChI=1S/5C8H9BO.C4H10.C3H9N.2C2H6O.C2H6S.5C2H6/c5*10-9-6-5-7-3-1-2-4-8(7)9;1-3-4-2;1-4(2)3;1-3-2;1-2-3;1-3-2;5*1-2/h5*1-4,10H,5-6H2;3-4H2,1-2H3;1-3H3;1-2H3;3H,2H2,1H3;1-2H3;5*1-2H3. The van der Waals surface area contributed by atoms with E-state index in [4.69, 9.17) is 5.11 Å². The van der Waals surface area contributed by atoms with Gasteiger partial charge in [0.2, 0.25) is 0 Å². The summed E-state index contributed by atoms with van der Waals surface area (Å²) in [5.74, 6) is 0. The summed E-state index contributed by atoms with van der Waals surface area (Å²) < 4.78 is 4.25. The average molecular weight is 1080 g/mol. The number of nitrogens with zero attached hydrogens (tertiary/aromatic N) is 1. The first-order chi connectivity index (χ1) is 37.3. The molecule has 0 spiro atoms. The van der Waals surface area contributed by atoms with Crippen LogP contribution in [0.5, 0.6) is 0 Å². The molecule has 0 aliphatic carbocycles. The lowest BCUT2D eigenvalue weighted by Crippen LogP contribution is -2.25. The molecule has 5 aliphatic rings. The summed E-state index contributed by atoms with van der Waals surface area (Å²) in [6.45, 7) is 25.3. The van der Waals surface area contributed by atoms with E-state index in [9.17, 15) is 25.1 Å². The molecule has 6 N–H and O–H groups in total. The van der Waals surface area contributed by atoms with Gasteiger partial charge in [-0.05, 0) is 132 Å². The van der Waals surface area contributed by atoms with Crippen molar-refractivity contribution in [2.75, 3.05) is 54.5 Å². The molecule has 0 radical (unpaired) electrons. The van der Waals surface area contributed by atoms with Crippen LogP contribution in [0.3, 0.4) is 0 Å². The molecule has 0 saturated carbocycles. The molecule has 0 amide bonds. The smallest absolute Gasteiger partial charge is 0.324 e. The Morgan fingerprint density at radius 3 is 0.597 bits per heavy atom. The van der Waals surface area contributed by atoms with Gasteiger partial charge in [-0.15, -0.1) is 0 Å². The Hall–Kier alpha value is -3.55. The minimum Gasteiger partial charge on any atom is -0.446 e.